The van der Waals surface area contributed by atoms with Crippen molar-refractivity contribution in [3.8, 4) is 0 Å². The Balaban J connectivity index is 1.66. The van der Waals surface area contributed by atoms with Crippen LogP contribution >= 0.6 is 11.6 Å². The normalized spacial score (nSPS) is 17.3. The number of morpholine rings is 1. The summed E-state index contributed by atoms with van der Waals surface area (Å²) in [5.74, 6) is 0.232. The van der Waals surface area contributed by atoms with E-state index in [0.29, 0.717) is 29.8 Å². The minimum absolute atomic E-state index is 0.0321. The van der Waals surface area contributed by atoms with Gasteiger partial charge in [-0.2, -0.15) is 0 Å². The molecule has 0 aliphatic carbocycles. The molecule has 1 N–H and O–H groups in total. The fraction of sp³-hybridized carbons (Fsp3) is 0.435. The second-order valence-corrected chi connectivity index (χ2v) is 10.7. The zero-order valence-electron chi connectivity index (χ0n) is 18.6. The van der Waals surface area contributed by atoms with Crippen molar-refractivity contribution in [1.29, 1.82) is 0 Å². The summed E-state index contributed by atoms with van der Waals surface area (Å²) in [6.45, 7) is 8.01. The highest BCUT2D eigenvalue weighted by atomic mass is 35.5. The molecule has 0 spiro atoms. The molecule has 1 fully saturated rings. The summed E-state index contributed by atoms with van der Waals surface area (Å²) < 4.78 is 33.1. The van der Waals surface area contributed by atoms with Gasteiger partial charge in [0.2, 0.25) is 0 Å². The van der Waals surface area contributed by atoms with E-state index in [-0.39, 0.29) is 22.5 Å². The molecule has 1 atom stereocenters. The number of carbonyl (C=O) groups is 1. The number of nitrogens with zero attached hydrogens (tertiary/aromatic N) is 2. The van der Waals surface area contributed by atoms with Crippen molar-refractivity contribution in [3.63, 3.8) is 0 Å². The molecule has 1 saturated heterocycles. The molecule has 0 saturated carbocycles. The Bertz CT molecular complexity index is 1050. The first-order valence-electron chi connectivity index (χ1n) is 10.6. The van der Waals surface area contributed by atoms with Gasteiger partial charge in [-0.15, -0.1) is 0 Å². The van der Waals surface area contributed by atoms with Crippen LogP contribution in [0.1, 0.15) is 24.2 Å². The van der Waals surface area contributed by atoms with E-state index in [0.717, 1.165) is 23.9 Å². The molecule has 1 amide bonds. The average molecular weight is 480 g/mol. The highest BCUT2D eigenvalue weighted by Crippen LogP contribution is 2.25. The second-order valence-electron chi connectivity index (χ2n) is 8.34. The Morgan fingerprint density at radius 2 is 2.00 bits per heavy atom. The lowest BCUT2D eigenvalue weighted by Crippen LogP contribution is -2.48. The quantitative estimate of drug-likeness (QED) is 0.628. The Labute approximate surface area is 195 Å². The van der Waals surface area contributed by atoms with E-state index < -0.39 is 10.0 Å². The van der Waals surface area contributed by atoms with Gasteiger partial charge in [0.1, 0.15) is 0 Å². The number of hydrogen-bond acceptors (Lipinski definition) is 5. The number of halogens is 1. The number of benzene rings is 2. The van der Waals surface area contributed by atoms with Crippen molar-refractivity contribution in [1.82, 2.24) is 10.2 Å². The van der Waals surface area contributed by atoms with Crippen LogP contribution < -0.4 is 9.62 Å². The molecule has 1 aliphatic rings. The summed E-state index contributed by atoms with van der Waals surface area (Å²) in [6.07, 6.45) is -0.0904. The van der Waals surface area contributed by atoms with Gasteiger partial charge in [0.25, 0.3) is 15.9 Å². The van der Waals surface area contributed by atoms with Gasteiger partial charge in [-0.25, -0.2) is 8.42 Å². The van der Waals surface area contributed by atoms with Crippen molar-refractivity contribution in [2.45, 2.75) is 24.8 Å². The Morgan fingerprint density at radius 3 is 2.72 bits per heavy atom. The summed E-state index contributed by atoms with van der Waals surface area (Å²) in [7, 11) is -2.40. The maximum absolute atomic E-state index is 13.1. The highest BCUT2D eigenvalue weighted by Gasteiger charge is 2.24. The fourth-order valence-electron chi connectivity index (χ4n) is 3.66. The van der Waals surface area contributed by atoms with E-state index in [1.807, 2.05) is 0 Å². The first kappa shape index (κ1) is 24.5. The molecule has 32 heavy (non-hydrogen) atoms. The fourth-order valence-corrected chi connectivity index (χ4v) is 5.08. The second kappa shape index (κ2) is 10.7. The lowest BCUT2D eigenvalue weighted by atomic mass is 10.1. The summed E-state index contributed by atoms with van der Waals surface area (Å²) >= 11 is 6.00. The first-order valence-corrected chi connectivity index (χ1v) is 12.5. The van der Waals surface area contributed by atoms with Crippen LogP contribution in [-0.4, -0.2) is 65.2 Å². The van der Waals surface area contributed by atoms with Crippen LogP contribution in [0.4, 0.5) is 5.69 Å². The number of rotatable bonds is 8. The zero-order valence-corrected chi connectivity index (χ0v) is 20.2. The molecule has 9 heteroatoms. The third-order valence-electron chi connectivity index (χ3n) is 5.26. The van der Waals surface area contributed by atoms with Gasteiger partial charge in [0.15, 0.2) is 0 Å². The number of hydrogen-bond donors (Lipinski definition) is 1. The number of amides is 1. The van der Waals surface area contributed by atoms with Crippen LogP contribution in [0.15, 0.2) is 53.4 Å². The Morgan fingerprint density at radius 1 is 1.25 bits per heavy atom. The summed E-state index contributed by atoms with van der Waals surface area (Å²) in [5.41, 5.74) is 0.716. The molecule has 0 aromatic heterocycles. The number of nitrogens with one attached hydrogen (secondary N) is 1. The molecule has 174 valence electrons. The van der Waals surface area contributed by atoms with Crippen LogP contribution in [0.2, 0.25) is 5.02 Å². The summed E-state index contributed by atoms with van der Waals surface area (Å²) in [5, 5.41) is 3.31. The van der Waals surface area contributed by atoms with Crippen molar-refractivity contribution >= 4 is 33.2 Å². The van der Waals surface area contributed by atoms with Crippen LogP contribution in [0.25, 0.3) is 0 Å². The van der Waals surface area contributed by atoms with Crippen LogP contribution in [0.5, 0.6) is 0 Å². The lowest BCUT2D eigenvalue weighted by molar-refractivity contribution is -0.0295. The SMILES string of the molecule is CC(C)CN1CCO[C@@H](CNC(=O)c2cccc(S(=O)(=O)N(C)c3cccc(Cl)c3)c2)C1. The van der Waals surface area contributed by atoms with Crippen LogP contribution in [0, 0.1) is 5.92 Å². The van der Waals surface area contributed by atoms with E-state index >= 15 is 0 Å². The molecule has 2 aromatic rings. The van der Waals surface area contributed by atoms with Crippen LogP contribution in [0.3, 0.4) is 0 Å². The Kier molecular flexibility index (Phi) is 8.16. The first-order chi connectivity index (χ1) is 15.2. The largest absolute Gasteiger partial charge is 0.374 e. The van der Waals surface area contributed by atoms with Crippen molar-refractivity contribution in [3.05, 3.63) is 59.1 Å². The number of carbonyl (C=O) groups excluding carboxylic acids is 1. The molecule has 1 aliphatic heterocycles. The Hall–Kier alpha value is -2.13. The molecule has 2 aromatic carbocycles. The van der Waals surface area contributed by atoms with Gasteiger partial charge in [0.05, 0.1) is 23.3 Å². The maximum Gasteiger partial charge on any atom is 0.264 e. The minimum Gasteiger partial charge on any atom is -0.374 e. The molecular formula is C23H30ClN3O4S. The molecule has 7 nitrogen and oxygen atoms in total. The summed E-state index contributed by atoms with van der Waals surface area (Å²) in [6, 6.07) is 12.6. The van der Waals surface area contributed by atoms with Crippen molar-refractivity contribution < 1.29 is 17.9 Å². The van der Waals surface area contributed by atoms with Gasteiger partial charge < -0.3 is 10.1 Å². The number of sulfonamides is 1. The molecular weight excluding hydrogens is 450 g/mol. The van der Waals surface area contributed by atoms with Gasteiger partial charge >= 0.3 is 0 Å². The van der Waals surface area contributed by atoms with E-state index in [4.69, 9.17) is 16.3 Å². The van der Waals surface area contributed by atoms with E-state index in [9.17, 15) is 13.2 Å². The third kappa shape index (κ3) is 6.22. The number of anilines is 1. The lowest BCUT2D eigenvalue weighted by Gasteiger charge is -2.33. The van der Waals surface area contributed by atoms with Gasteiger partial charge in [-0.1, -0.05) is 37.6 Å². The number of ether oxygens (including phenoxy) is 1. The van der Waals surface area contributed by atoms with Gasteiger partial charge in [0, 0.05) is 43.8 Å². The standard InChI is InChI=1S/C23H30ClN3O4S/c1-17(2)15-27-10-11-31-21(16-27)14-25-23(28)18-6-4-9-22(12-18)32(29,30)26(3)20-8-5-7-19(24)13-20/h4-9,12-13,17,21H,10-11,14-16H2,1-3H3,(H,25,28)/t21-/m0/s1. The molecule has 1 heterocycles. The van der Waals surface area contributed by atoms with Crippen molar-refractivity contribution in [2.75, 3.05) is 44.1 Å². The summed E-state index contributed by atoms with van der Waals surface area (Å²) in [4.78, 5) is 15.1. The van der Waals surface area contributed by atoms with Crippen LogP contribution in [-0.2, 0) is 14.8 Å². The monoisotopic (exact) mass is 479 g/mol. The topological polar surface area (TPSA) is 79.0 Å². The van der Waals surface area contributed by atoms with E-state index in [1.165, 1.54) is 19.2 Å². The third-order valence-corrected chi connectivity index (χ3v) is 7.28. The predicted octanol–water partition coefficient (Wildman–Crippen LogP) is 3.25. The smallest absolute Gasteiger partial charge is 0.264 e. The molecule has 0 radical (unpaired) electrons. The molecule has 0 bridgehead atoms. The van der Waals surface area contributed by atoms with Gasteiger partial charge in [-0.3, -0.25) is 14.0 Å². The van der Waals surface area contributed by atoms with Gasteiger partial charge in [-0.05, 0) is 42.3 Å². The highest BCUT2D eigenvalue weighted by molar-refractivity contribution is 7.92. The maximum atomic E-state index is 13.1. The van der Waals surface area contributed by atoms with E-state index in [1.54, 1.807) is 36.4 Å². The predicted molar refractivity (Wildman–Crippen MR) is 127 cm³/mol. The minimum atomic E-state index is -3.86. The molecule has 0 unspecified atom stereocenters. The van der Waals surface area contributed by atoms with Crippen molar-refractivity contribution in [2.24, 2.45) is 5.92 Å². The zero-order chi connectivity index (χ0) is 23.3. The van der Waals surface area contributed by atoms with E-state index in [2.05, 4.69) is 24.1 Å². The average Bonchev–Trinajstić information content (AvgIpc) is 2.77. The molecule has 3 rings (SSSR count).